The van der Waals surface area contributed by atoms with Gasteiger partial charge in [-0.15, -0.1) is 0 Å². The summed E-state index contributed by atoms with van der Waals surface area (Å²) in [5.41, 5.74) is 10.1. The first kappa shape index (κ1) is 28.2. The van der Waals surface area contributed by atoms with Crippen LogP contribution >= 0.6 is 11.6 Å². The van der Waals surface area contributed by atoms with Crippen molar-refractivity contribution < 1.29 is 4.79 Å². The number of piperidine rings is 1. The van der Waals surface area contributed by atoms with E-state index in [1.54, 1.807) is 55.3 Å². The minimum atomic E-state index is -0.527. The van der Waals surface area contributed by atoms with Crippen molar-refractivity contribution in [1.82, 2.24) is 34.8 Å². The molecule has 0 spiro atoms. The number of carbonyl (C=O) groups excluding carboxylic acids is 1. The molecule has 1 saturated heterocycles. The number of anilines is 2. The number of H-pyrrole nitrogens is 1. The van der Waals surface area contributed by atoms with Crippen molar-refractivity contribution >= 4 is 29.1 Å². The molecule has 0 saturated carbocycles. The molecule has 4 heterocycles. The predicted molar refractivity (Wildman–Crippen MR) is 168 cm³/mol. The van der Waals surface area contributed by atoms with E-state index in [4.69, 9.17) is 22.3 Å². The quantitative estimate of drug-likeness (QED) is 0.264. The lowest BCUT2D eigenvalue weighted by atomic mass is 9.89. The Labute approximate surface area is 253 Å². The SMILES string of the molecule is Cc1c(C(=O)NC2(C)CCN(c3nc(-c4cccc(-c5cc[nH]n5)c4)cnc3N)CC2)c(=O)n(-c2cccc(Cl)c2)n1C. The van der Waals surface area contributed by atoms with Gasteiger partial charge in [0.05, 0.1) is 29.0 Å². The van der Waals surface area contributed by atoms with E-state index < -0.39 is 17.0 Å². The maximum absolute atomic E-state index is 13.5. The van der Waals surface area contributed by atoms with E-state index in [0.29, 0.717) is 59.7 Å². The highest BCUT2D eigenvalue weighted by molar-refractivity contribution is 6.30. The van der Waals surface area contributed by atoms with Crippen molar-refractivity contribution in [1.29, 1.82) is 0 Å². The molecule has 1 fully saturated rings. The van der Waals surface area contributed by atoms with Crippen molar-refractivity contribution in [2.45, 2.75) is 32.2 Å². The van der Waals surface area contributed by atoms with Crippen LogP contribution in [0.3, 0.4) is 0 Å². The molecule has 3 aromatic heterocycles. The highest BCUT2D eigenvalue weighted by Crippen LogP contribution is 2.31. The number of nitrogens with two attached hydrogens (primary N) is 1. The van der Waals surface area contributed by atoms with Crippen LogP contribution in [0.15, 0.2) is 71.8 Å². The Morgan fingerprint density at radius 2 is 1.79 bits per heavy atom. The van der Waals surface area contributed by atoms with Crippen molar-refractivity contribution in [2.75, 3.05) is 23.7 Å². The second-order valence-corrected chi connectivity index (χ2v) is 11.5. The summed E-state index contributed by atoms with van der Waals surface area (Å²) in [7, 11) is 1.75. The Morgan fingerprint density at radius 3 is 2.49 bits per heavy atom. The van der Waals surface area contributed by atoms with E-state index >= 15 is 0 Å². The van der Waals surface area contributed by atoms with Gasteiger partial charge in [0, 0.05) is 48.0 Å². The van der Waals surface area contributed by atoms with Crippen LogP contribution in [0.4, 0.5) is 11.6 Å². The fourth-order valence-corrected chi connectivity index (χ4v) is 5.75. The molecule has 1 amide bonds. The number of benzene rings is 2. The van der Waals surface area contributed by atoms with Crippen molar-refractivity contribution in [2.24, 2.45) is 7.05 Å². The van der Waals surface area contributed by atoms with E-state index in [2.05, 4.69) is 25.4 Å². The Morgan fingerprint density at radius 1 is 1.07 bits per heavy atom. The molecule has 0 unspecified atom stereocenters. The second kappa shape index (κ2) is 11.1. The number of nitrogens with one attached hydrogen (secondary N) is 2. The van der Waals surface area contributed by atoms with Crippen LogP contribution in [0, 0.1) is 6.92 Å². The number of amides is 1. The van der Waals surface area contributed by atoms with Gasteiger partial charge in [0.2, 0.25) is 0 Å². The minimum absolute atomic E-state index is 0.117. The minimum Gasteiger partial charge on any atom is -0.381 e. The van der Waals surface area contributed by atoms with E-state index in [1.807, 2.05) is 37.3 Å². The fourth-order valence-electron chi connectivity index (χ4n) is 5.56. The number of nitrogen functional groups attached to an aromatic ring is 1. The predicted octanol–water partition coefficient (Wildman–Crippen LogP) is 4.36. The Balaban J connectivity index is 1.18. The zero-order chi connectivity index (χ0) is 30.3. The van der Waals surface area contributed by atoms with Gasteiger partial charge in [-0.1, -0.05) is 35.9 Å². The standard InChI is InChI=1S/C31H32ClN9O2/c1-19-26(30(43)41(39(19)3)23-9-5-8-22(32)17-23)29(42)37-31(2)11-14-40(15-12-31)28-27(33)34-18-25(36-28)21-7-4-6-20(16-21)24-10-13-35-38-24/h4-10,13,16-18H,11-12,14-15H2,1-3H3,(H2,33,34)(H,35,38)(H,37,42). The third-order valence-electron chi connectivity index (χ3n) is 8.15. The summed E-state index contributed by atoms with van der Waals surface area (Å²) >= 11 is 6.16. The highest BCUT2D eigenvalue weighted by Gasteiger charge is 2.35. The lowest BCUT2D eigenvalue weighted by Crippen LogP contribution is -2.54. The first-order valence-corrected chi connectivity index (χ1v) is 14.4. The molecule has 0 aliphatic carbocycles. The lowest BCUT2D eigenvalue weighted by molar-refractivity contribution is 0.0889. The lowest BCUT2D eigenvalue weighted by Gasteiger charge is -2.40. The number of hydrogen-bond acceptors (Lipinski definition) is 7. The Bertz CT molecular complexity index is 1870. The first-order chi connectivity index (χ1) is 20.6. The summed E-state index contributed by atoms with van der Waals surface area (Å²) in [6, 6.07) is 16.9. The number of rotatable bonds is 6. The number of aromatic amines is 1. The fraction of sp³-hybridized carbons (Fsp3) is 0.258. The van der Waals surface area contributed by atoms with Crippen LogP contribution in [-0.2, 0) is 7.05 Å². The van der Waals surface area contributed by atoms with Gasteiger partial charge in [-0.2, -0.15) is 5.10 Å². The van der Waals surface area contributed by atoms with Gasteiger partial charge in [-0.05, 0) is 57.0 Å². The largest absolute Gasteiger partial charge is 0.381 e. The molecule has 11 nitrogen and oxygen atoms in total. The van der Waals surface area contributed by atoms with Crippen molar-refractivity contribution in [3.8, 4) is 28.2 Å². The monoisotopic (exact) mass is 597 g/mol. The van der Waals surface area contributed by atoms with Gasteiger partial charge >= 0.3 is 0 Å². The molecule has 1 aliphatic rings. The second-order valence-electron chi connectivity index (χ2n) is 11.1. The summed E-state index contributed by atoms with van der Waals surface area (Å²) in [4.78, 5) is 38.4. The average molecular weight is 598 g/mol. The maximum atomic E-state index is 13.5. The normalized spacial score (nSPS) is 14.6. The van der Waals surface area contributed by atoms with Crippen LogP contribution in [0.2, 0.25) is 5.02 Å². The van der Waals surface area contributed by atoms with Gasteiger partial charge in [0.15, 0.2) is 11.6 Å². The molecule has 43 heavy (non-hydrogen) atoms. The summed E-state index contributed by atoms with van der Waals surface area (Å²) in [5.74, 6) is 0.564. The van der Waals surface area contributed by atoms with Gasteiger partial charge in [0.1, 0.15) is 5.56 Å². The summed E-state index contributed by atoms with van der Waals surface area (Å²) in [6.45, 7) is 4.98. The van der Waals surface area contributed by atoms with E-state index in [0.717, 1.165) is 16.8 Å². The third kappa shape index (κ3) is 5.39. The number of hydrogen-bond donors (Lipinski definition) is 3. The first-order valence-electron chi connectivity index (χ1n) is 14.0. The zero-order valence-electron chi connectivity index (χ0n) is 24.1. The van der Waals surface area contributed by atoms with Crippen LogP contribution in [0.5, 0.6) is 0 Å². The van der Waals surface area contributed by atoms with Gasteiger partial charge in [-0.3, -0.25) is 19.4 Å². The van der Waals surface area contributed by atoms with Crippen LogP contribution in [-0.4, -0.2) is 54.1 Å². The molecular weight excluding hydrogens is 566 g/mol. The summed E-state index contributed by atoms with van der Waals surface area (Å²) in [5, 5.41) is 10.8. The van der Waals surface area contributed by atoms with Gasteiger partial charge in [-0.25, -0.2) is 14.6 Å². The van der Waals surface area contributed by atoms with Gasteiger partial charge in [0.25, 0.3) is 11.5 Å². The molecule has 0 atom stereocenters. The number of halogens is 1. The summed E-state index contributed by atoms with van der Waals surface area (Å²) in [6.07, 6.45) is 4.73. The molecule has 4 N–H and O–H groups in total. The number of carbonyl (C=O) groups is 1. The highest BCUT2D eigenvalue weighted by atomic mass is 35.5. The van der Waals surface area contributed by atoms with E-state index in [9.17, 15) is 9.59 Å². The number of nitrogens with zero attached hydrogens (tertiary/aromatic N) is 6. The molecule has 5 aromatic rings. The molecule has 0 radical (unpaired) electrons. The molecule has 1 aliphatic heterocycles. The van der Waals surface area contributed by atoms with Crippen LogP contribution in [0.1, 0.15) is 35.8 Å². The van der Waals surface area contributed by atoms with Gasteiger partial charge < -0.3 is 16.0 Å². The molecule has 220 valence electrons. The topological polar surface area (TPSA) is 140 Å². The van der Waals surface area contributed by atoms with E-state index in [1.165, 1.54) is 4.68 Å². The van der Waals surface area contributed by atoms with Crippen LogP contribution in [0.25, 0.3) is 28.2 Å². The number of aromatic nitrogens is 6. The van der Waals surface area contributed by atoms with Crippen molar-refractivity contribution in [3.63, 3.8) is 0 Å². The molecule has 12 heteroatoms. The molecular formula is C31H32ClN9O2. The van der Waals surface area contributed by atoms with Crippen LogP contribution < -0.4 is 21.5 Å². The maximum Gasteiger partial charge on any atom is 0.284 e. The molecule has 6 rings (SSSR count). The average Bonchev–Trinajstić information content (AvgIpc) is 3.60. The third-order valence-corrected chi connectivity index (χ3v) is 8.39. The molecule has 0 bridgehead atoms. The smallest absolute Gasteiger partial charge is 0.284 e. The van der Waals surface area contributed by atoms with Crippen molar-refractivity contribution in [3.05, 3.63) is 93.6 Å². The Hall–Kier alpha value is -4.90. The zero-order valence-corrected chi connectivity index (χ0v) is 24.9. The Kier molecular flexibility index (Phi) is 7.26. The molecule has 2 aromatic carbocycles. The van der Waals surface area contributed by atoms with E-state index in [-0.39, 0.29) is 5.56 Å². The summed E-state index contributed by atoms with van der Waals surface area (Å²) < 4.78 is 3.13.